The highest BCUT2D eigenvalue weighted by Crippen LogP contribution is 2.25. The van der Waals surface area contributed by atoms with Gasteiger partial charge in [0.2, 0.25) is 0 Å². The maximum absolute atomic E-state index is 12.1. The summed E-state index contributed by atoms with van der Waals surface area (Å²) in [5, 5.41) is 9.22. The number of rotatable bonds is 7. The van der Waals surface area contributed by atoms with Crippen molar-refractivity contribution in [1.82, 2.24) is 16.0 Å². The van der Waals surface area contributed by atoms with E-state index in [1.54, 1.807) is 42.5 Å². The van der Waals surface area contributed by atoms with Crippen LogP contribution in [-0.4, -0.2) is 32.1 Å². The first kappa shape index (κ1) is 20.9. The van der Waals surface area contributed by atoms with E-state index in [0.717, 1.165) is 5.56 Å². The van der Waals surface area contributed by atoms with Gasteiger partial charge in [-0.25, -0.2) is 4.79 Å². The van der Waals surface area contributed by atoms with Gasteiger partial charge in [0.15, 0.2) is 0 Å². The maximum Gasteiger partial charge on any atom is 0.315 e. The van der Waals surface area contributed by atoms with Crippen molar-refractivity contribution in [3.63, 3.8) is 0 Å². The van der Waals surface area contributed by atoms with Crippen molar-refractivity contribution < 1.29 is 14.3 Å². The SMILES string of the molecule is COc1cccc(C(=O)NCCNC(=O)N[C@H](C)c2ccc(Cl)cc2Cl)c1. The van der Waals surface area contributed by atoms with E-state index in [1.807, 2.05) is 6.92 Å². The number of nitrogens with one attached hydrogen (secondary N) is 3. The molecule has 2 rings (SSSR count). The van der Waals surface area contributed by atoms with Gasteiger partial charge in [-0.3, -0.25) is 4.79 Å². The molecule has 2 aromatic rings. The maximum atomic E-state index is 12.1. The van der Waals surface area contributed by atoms with E-state index < -0.39 is 0 Å². The first-order valence-corrected chi connectivity index (χ1v) is 9.08. The highest BCUT2D eigenvalue weighted by molar-refractivity contribution is 6.35. The molecule has 0 aliphatic rings. The molecule has 0 bridgehead atoms. The minimum atomic E-state index is -0.357. The van der Waals surface area contributed by atoms with Gasteiger partial charge < -0.3 is 20.7 Å². The van der Waals surface area contributed by atoms with E-state index in [-0.39, 0.29) is 24.5 Å². The molecule has 1 atom stereocenters. The van der Waals surface area contributed by atoms with Crippen molar-refractivity contribution in [2.45, 2.75) is 13.0 Å². The van der Waals surface area contributed by atoms with Crippen LogP contribution in [0.2, 0.25) is 10.0 Å². The minimum Gasteiger partial charge on any atom is -0.497 e. The summed E-state index contributed by atoms with van der Waals surface area (Å²) in [5.74, 6) is 0.368. The molecule has 0 radical (unpaired) electrons. The molecule has 6 nitrogen and oxygen atoms in total. The number of hydrogen-bond acceptors (Lipinski definition) is 3. The van der Waals surface area contributed by atoms with Crippen LogP contribution in [0.25, 0.3) is 0 Å². The highest BCUT2D eigenvalue weighted by Gasteiger charge is 2.13. The minimum absolute atomic E-state index is 0.238. The third kappa shape index (κ3) is 6.34. The number of methoxy groups -OCH3 is 1. The van der Waals surface area contributed by atoms with E-state index in [9.17, 15) is 9.59 Å². The molecule has 8 heteroatoms. The Morgan fingerprint density at radius 3 is 2.52 bits per heavy atom. The fourth-order valence-corrected chi connectivity index (χ4v) is 2.97. The van der Waals surface area contributed by atoms with Crippen molar-refractivity contribution in [3.8, 4) is 5.75 Å². The van der Waals surface area contributed by atoms with Gasteiger partial charge in [-0.05, 0) is 42.8 Å². The van der Waals surface area contributed by atoms with Crippen LogP contribution in [0.15, 0.2) is 42.5 Å². The highest BCUT2D eigenvalue weighted by atomic mass is 35.5. The molecule has 2 aromatic carbocycles. The Morgan fingerprint density at radius 1 is 1.07 bits per heavy atom. The molecule has 0 saturated carbocycles. The second-order valence-corrected chi connectivity index (χ2v) is 6.62. The molecule has 27 heavy (non-hydrogen) atoms. The van der Waals surface area contributed by atoms with Gasteiger partial charge in [0.05, 0.1) is 13.2 Å². The monoisotopic (exact) mass is 409 g/mol. The van der Waals surface area contributed by atoms with Gasteiger partial charge in [-0.15, -0.1) is 0 Å². The standard InChI is InChI=1S/C19H21Cl2N3O3/c1-12(16-7-6-14(20)11-17(16)21)24-19(26)23-9-8-22-18(25)13-4-3-5-15(10-13)27-2/h3-7,10-12H,8-9H2,1-2H3,(H,22,25)(H2,23,24,26)/t12-/m1/s1. The van der Waals surface area contributed by atoms with Crippen molar-refractivity contribution in [3.05, 3.63) is 63.6 Å². The fraction of sp³-hybridized carbons (Fsp3) is 0.263. The summed E-state index contributed by atoms with van der Waals surface area (Å²) in [5.41, 5.74) is 1.26. The van der Waals surface area contributed by atoms with Crippen LogP contribution < -0.4 is 20.7 Å². The predicted octanol–water partition coefficient (Wildman–Crippen LogP) is 3.79. The Bertz CT molecular complexity index is 815. The second-order valence-electron chi connectivity index (χ2n) is 5.78. The Labute approximate surface area is 168 Å². The number of ether oxygens (including phenoxy) is 1. The van der Waals surface area contributed by atoms with Crippen LogP contribution in [0.5, 0.6) is 5.75 Å². The second kappa shape index (κ2) is 10.0. The summed E-state index contributed by atoms with van der Waals surface area (Å²) < 4.78 is 5.09. The van der Waals surface area contributed by atoms with Crippen molar-refractivity contribution >= 4 is 35.1 Å². The van der Waals surface area contributed by atoms with E-state index in [1.165, 1.54) is 7.11 Å². The molecule has 0 unspecified atom stereocenters. The Hall–Kier alpha value is -2.44. The van der Waals surface area contributed by atoms with Crippen molar-refractivity contribution in [2.75, 3.05) is 20.2 Å². The number of carbonyl (C=O) groups is 2. The molecular weight excluding hydrogens is 389 g/mol. The molecule has 0 spiro atoms. The summed E-state index contributed by atoms with van der Waals surface area (Å²) in [4.78, 5) is 24.0. The van der Waals surface area contributed by atoms with Gasteiger partial charge in [0, 0.05) is 28.7 Å². The zero-order chi connectivity index (χ0) is 19.8. The van der Waals surface area contributed by atoms with Gasteiger partial charge in [-0.2, -0.15) is 0 Å². The summed E-state index contributed by atoms with van der Waals surface area (Å²) in [6.07, 6.45) is 0. The van der Waals surface area contributed by atoms with Crippen LogP contribution in [-0.2, 0) is 0 Å². The predicted molar refractivity (Wildman–Crippen MR) is 107 cm³/mol. The third-order valence-corrected chi connectivity index (χ3v) is 4.37. The Balaban J connectivity index is 1.74. The number of urea groups is 1. The zero-order valence-corrected chi connectivity index (χ0v) is 16.5. The van der Waals surface area contributed by atoms with Crippen LogP contribution in [0.3, 0.4) is 0 Å². The fourth-order valence-electron chi connectivity index (χ4n) is 2.40. The number of halogens is 2. The molecule has 0 heterocycles. The number of amides is 3. The van der Waals surface area contributed by atoms with Crippen LogP contribution in [0.1, 0.15) is 28.9 Å². The van der Waals surface area contributed by atoms with Gasteiger partial charge in [-0.1, -0.05) is 35.3 Å². The number of hydrogen-bond donors (Lipinski definition) is 3. The molecule has 0 aliphatic heterocycles. The molecule has 3 N–H and O–H groups in total. The van der Waals surface area contributed by atoms with E-state index in [2.05, 4.69) is 16.0 Å². The van der Waals surface area contributed by atoms with E-state index >= 15 is 0 Å². The topological polar surface area (TPSA) is 79.5 Å². The summed E-state index contributed by atoms with van der Waals surface area (Å²) in [6.45, 7) is 2.39. The van der Waals surface area contributed by atoms with Crippen LogP contribution in [0, 0.1) is 0 Å². The number of benzene rings is 2. The third-order valence-electron chi connectivity index (χ3n) is 3.80. The van der Waals surface area contributed by atoms with Gasteiger partial charge in [0.1, 0.15) is 5.75 Å². The average molecular weight is 410 g/mol. The lowest BCUT2D eigenvalue weighted by molar-refractivity contribution is 0.0953. The molecule has 0 aliphatic carbocycles. The average Bonchev–Trinajstić information content (AvgIpc) is 2.64. The molecule has 3 amide bonds. The summed E-state index contributed by atoms with van der Waals surface area (Å²) >= 11 is 12.0. The van der Waals surface area contributed by atoms with Crippen molar-refractivity contribution in [1.29, 1.82) is 0 Å². The molecular formula is C19H21Cl2N3O3. The first-order chi connectivity index (χ1) is 12.9. The Kier molecular flexibility index (Phi) is 7.76. The molecule has 0 aromatic heterocycles. The molecule has 0 fully saturated rings. The lowest BCUT2D eigenvalue weighted by atomic mass is 10.1. The summed E-state index contributed by atoms with van der Waals surface area (Å²) in [6, 6.07) is 11.3. The summed E-state index contributed by atoms with van der Waals surface area (Å²) in [7, 11) is 1.54. The van der Waals surface area contributed by atoms with E-state index in [0.29, 0.717) is 27.9 Å². The smallest absolute Gasteiger partial charge is 0.315 e. The molecule has 0 saturated heterocycles. The van der Waals surface area contributed by atoms with Crippen molar-refractivity contribution in [2.24, 2.45) is 0 Å². The normalized spacial score (nSPS) is 11.4. The van der Waals surface area contributed by atoms with Crippen LogP contribution in [0.4, 0.5) is 4.79 Å². The molecule has 144 valence electrons. The lowest BCUT2D eigenvalue weighted by Crippen LogP contribution is -2.41. The first-order valence-electron chi connectivity index (χ1n) is 8.32. The Morgan fingerprint density at radius 2 is 1.81 bits per heavy atom. The van der Waals surface area contributed by atoms with E-state index in [4.69, 9.17) is 27.9 Å². The van der Waals surface area contributed by atoms with Gasteiger partial charge >= 0.3 is 6.03 Å². The van der Waals surface area contributed by atoms with Gasteiger partial charge in [0.25, 0.3) is 5.91 Å². The quantitative estimate of drug-likeness (QED) is 0.608. The largest absolute Gasteiger partial charge is 0.497 e. The number of carbonyl (C=O) groups excluding carboxylic acids is 2. The lowest BCUT2D eigenvalue weighted by Gasteiger charge is -2.16. The zero-order valence-electron chi connectivity index (χ0n) is 15.0. The van der Waals surface area contributed by atoms with Crippen LogP contribution >= 0.6 is 23.2 Å².